The Bertz CT molecular complexity index is 420. The van der Waals surface area contributed by atoms with Crippen molar-refractivity contribution in [2.75, 3.05) is 0 Å². The van der Waals surface area contributed by atoms with Crippen molar-refractivity contribution >= 4 is 35.0 Å². The van der Waals surface area contributed by atoms with Gasteiger partial charge in [-0.15, -0.1) is 0 Å². The number of isothiocyanates is 1. The SMILES string of the molecule is NC(=O)C=Cc1cccc(N=C=S)c1. The van der Waals surface area contributed by atoms with Crippen molar-refractivity contribution < 1.29 is 4.79 Å². The molecule has 0 radical (unpaired) electrons. The summed E-state index contributed by atoms with van der Waals surface area (Å²) in [7, 11) is 0. The van der Waals surface area contributed by atoms with Crippen LogP contribution in [0.5, 0.6) is 0 Å². The van der Waals surface area contributed by atoms with E-state index in [2.05, 4.69) is 22.4 Å². The highest BCUT2D eigenvalue weighted by molar-refractivity contribution is 7.78. The molecule has 4 heteroatoms. The maximum atomic E-state index is 10.5. The quantitative estimate of drug-likeness (QED) is 0.464. The second-order valence-electron chi connectivity index (χ2n) is 2.53. The number of amides is 1. The minimum Gasteiger partial charge on any atom is -0.366 e. The van der Waals surface area contributed by atoms with Gasteiger partial charge < -0.3 is 5.73 Å². The number of benzene rings is 1. The number of carbonyl (C=O) groups excluding carboxylic acids is 1. The summed E-state index contributed by atoms with van der Waals surface area (Å²) < 4.78 is 0. The van der Waals surface area contributed by atoms with E-state index in [-0.39, 0.29) is 0 Å². The Kier molecular flexibility index (Phi) is 3.73. The normalized spacial score (nSPS) is 9.71. The third-order valence-electron chi connectivity index (χ3n) is 1.49. The van der Waals surface area contributed by atoms with Crippen molar-refractivity contribution in [3.05, 3.63) is 35.9 Å². The Labute approximate surface area is 87.0 Å². The van der Waals surface area contributed by atoms with Gasteiger partial charge >= 0.3 is 0 Å². The van der Waals surface area contributed by atoms with Gasteiger partial charge in [0.25, 0.3) is 0 Å². The van der Waals surface area contributed by atoms with Crippen LogP contribution in [0.1, 0.15) is 5.56 Å². The Morgan fingerprint density at radius 3 is 3.00 bits per heavy atom. The summed E-state index contributed by atoms with van der Waals surface area (Å²) in [5, 5.41) is 2.27. The summed E-state index contributed by atoms with van der Waals surface area (Å²) in [5.41, 5.74) is 6.50. The van der Waals surface area contributed by atoms with Crippen LogP contribution in [0, 0.1) is 0 Å². The number of primary amides is 1. The maximum Gasteiger partial charge on any atom is 0.241 e. The van der Waals surface area contributed by atoms with Crippen LogP contribution in [-0.2, 0) is 4.79 Å². The third kappa shape index (κ3) is 3.31. The molecule has 0 aliphatic rings. The molecule has 0 atom stereocenters. The molecule has 3 nitrogen and oxygen atoms in total. The molecule has 1 aromatic carbocycles. The second-order valence-corrected chi connectivity index (χ2v) is 2.72. The first-order chi connectivity index (χ1) is 6.72. The summed E-state index contributed by atoms with van der Waals surface area (Å²) in [6.07, 6.45) is 2.91. The number of rotatable bonds is 3. The van der Waals surface area contributed by atoms with Crippen LogP contribution in [0.25, 0.3) is 6.08 Å². The second kappa shape index (κ2) is 5.07. The van der Waals surface area contributed by atoms with Gasteiger partial charge in [0.15, 0.2) is 0 Å². The lowest BCUT2D eigenvalue weighted by molar-refractivity contribution is -0.113. The van der Waals surface area contributed by atoms with Crippen molar-refractivity contribution in [3.63, 3.8) is 0 Å². The summed E-state index contributed by atoms with van der Waals surface area (Å²) in [6.45, 7) is 0. The molecule has 0 aromatic heterocycles. The lowest BCUT2D eigenvalue weighted by atomic mass is 10.2. The molecule has 0 unspecified atom stereocenters. The number of nitrogens with zero attached hydrogens (tertiary/aromatic N) is 1. The molecule has 0 saturated heterocycles. The topological polar surface area (TPSA) is 55.5 Å². The molecule has 0 aliphatic carbocycles. The smallest absolute Gasteiger partial charge is 0.241 e. The fourth-order valence-corrected chi connectivity index (χ4v) is 1.03. The zero-order valence-electron chi connectivity index (χ0n) is 7.31. The van der Waals surface area contributed by atoms with Crippen molar-refractivity contribution in [1.29, 1.82) is 0 Å². The van der Waals surface area contributed by atoms with Crippen LogP contribution in [0.15, 0.2) is 35.3 Å². The third-order valence-corrected chi connectivity index (χ3v) is 1.58. The van der Waals surface area contributed by atoms with Gasteiger partial charge in [0.05, 0.1) is 10.8 Å². The van der Waals surface area contributed by atoms with Gasteiger partial charge in [-0.25, -0.2) is 0 Å². The fourth-order valence-electron chi connectivity index (χ4n) is 0.929. The Hall–Kier alpha value is -1.77. The monoisotopic (exact) mass is 204 g/mol. The van der Waals surface area contributed by atoms with E-state index in [1.807, 2.05) is 12.1 Å². The van der Waals surface area contributed by atoms with Crippen LogP contribution in [0.4, 0.5) is 5.69 Å². The summed E-state index contributed by atoms with van der Waals surface area (Å²) in [5.74, 6) is -0.478. The van der Waals surface area contributed by atoms with E-state index >= 15 is 0 Å². The van der Waals surface area contributed by atoms with Crippen LogP contribution in [0.3, 0.4) is 0 Å². The highest BCUT2D eigenvalue weighted by Gasteiger charge is 1.90. The minimum atomic E-state index is -0.478. The maximum absolute atomic E-state index is 10.5. The summed E-state index contributed by atoms with van der Waals surface area (Å²) >= 11 is 4.47. The zero-order chi connectivity index (χ0) is 10.4. The summed E-state index contributed by atoms with van der Waals surface area (Å²) in [6, 6.07) is 7.22. The molecule has 0 bridgehead atoms. The number of thiocarbonyl (C=S) groups is 1. The standard InChI is InChI=1S/C10H8N2OS/c11-10(13)5-4-8-2-1-3-9(6-8)12-7-14/h1-6H,(H2,11,13). The van der Waals surface area contributed by atoms with Crippen LogP contribution in [-0.4, -0.2) is 11.1 Å². The van der Waals surface area contributed by atoms with Crippen LogP contribution < -0.4 is 5.73 Å². The lowest BCUT2D eigenvalue weighted by Gasteiger charge is -1.93. The highest BCUT2D eigenvalue weighted by Crippen LogP contribution is 2.14. The van der Waals surface area contributed by atoms with Crippen molar-refractivity contribution in [3.8, 4) is 0 Å². The van der Waals surface area contributed by atoms with E-state index in [0.29, 0.717) is 5.69 Å². The number of hydrogen-bond acceptors (Lipinski definition) is 3. The largest absolute Gasteiger partial charge is 0.366 e. The van der Waals surface area contributed by atoms with E-state index < -0.39 is 5.91 Å². The number of hydrogen-bond donors (Lipinski definition) is 1. The average Bonchev–Trinajstić information content (AvgIpc) is 2.16. The molecular weight excluding hydrogens is 196 g/mol. The zero-order valence-corrected chi connectivity index (χ0v) is 8.12. The van der Waals surface area contributed by atoms with Crippen LogP contribution in [0.2, 0.25) is 0 Å². The Balaban J connectivity index is 2.94. The molecule has 2 N–H and O–H groups in total. The number of aliphatic imine (C=N–C) groups is 1. The first kappa shape index (κ1) is 10.3. The molecule has 70 valence electrons. The van der Waals surface area contributed by atoms with E-state index in [1.54, 1.807) is 18.2 Å². The first-order valence-electron chi connectivity index (χ1n) is 3.88. The molecule has 0 aliphatic heterocycles. The van der Waals surface area contributed by atoms with Gasteiger partial charge in [0.2, 0.25) is 5.91 Å². The number of nitrogens with two attached hydrogens (primary N) is 1. The summed E-state index contributed by atoms with van der Waals surface area (Å²) in [4.78, 5) is 14.3. The molecular formula is C10H8N2OS. The predicted molar refractivity (Wildman–Crippen MR) is 59.4 cm³/mol. The molecule has 0 heterocycles. The fraction of sp³-hybridized carbons (Fsp3) is 0. The van der Waals surface area contributed by atoms with Gasteiger partial charge in [0.1, 0.15) is 0 Å². The van der Waals surface area contributed by atoms with Gasteiger partial charge in [-0.1, -0.05) is 12.1 Å². The van der Waals surface area contributed by atoms with E-state index in [1.165, 1.54) is 6.08 Å². The predicted octanol–water partition coefficient (Wildman–Crippen LogP) is 1.92. The van der Waals surface area contributed by atoms with Crippen molar-refractivity contribution in [1.82, 2.24) is 0 Å². The van der Waals surface area contributed by atoms with E-state index in [9.17, 15) is 4.79 Å². The first-order valence-corrected chi connectivity index (χ1v) is 4.28. The van der Waals surface area contributed by atoms with Crippen molar-refractivity contribution in [2.45, 2.75) is 0 Å². The minimum absolute atomic E-state index is 0.478. The highest BCUT2D eigenvalue weighted by atomic mass is 32.1. The van der Waals surface area contributed by atoms with E-state index in [4.69, 9.17) is 5.73 Å². The van der Waals surface area contributed by atoms with Crippen LogP contribution >= 0.6 is 12.2 Å². The molecule has 1 amide bonds. The van der Waals surface area contributed by atoms with Gasteiger partial charge in [-0.05, 0) is 36.0 Å². The Morgan fingerprint density at radius 2 is 2.36 bits per heavy atom. The van der Waals surface area contributed by atoms with Gasteiger partial charge in [-0.3, -0.25) is 4.79 Å². The molecule has 1 aromatic rings. The Morgan fingerprint density at radius 1 is 1.57 bits per heavy atom. The molecule has 0 spiro atoms. The van der Waals surface area contributed by atoms with E-state index in [0.717, 1.165) is 5.56 Å². The van der Waals surface area contributed by atoms with Gasteiger partial charge in [-0.2, -0.15) is 4.99 Å². The lowest BCUT2D eigenvalue weighted by Crippen LogP contribution is -2.04. The molecule has 0 saturated carbocycles. The average molecular weight is 204 g/mol. The van der Waals surface area contributed by atoms with Gasteiger partial charge in [0, 0.05) is 6.08 Å². The molecule has 14 heavy (non-hydrogen) atoms. The molecule has 0 fully saturated rings. The molecule has 1 rings (SSSR count). The van der Waals surface area contributed by atoms with Crippen molar-refractivity contribution in [2.24, 2.45) is 10.7 Å². The number of carbonyl (C=O) groups is 1.